The molecule has 1 heterocycles. The van der Waals surface area contributed by atoms with Crippen LogP contribution in [0.3, 0.4) is 0 Å². The van der Waals surface area contributed by atoms with Crippen LogP contribution in [0, 0.1) is 5.92 Å². The second kappa shape index (κ2) is 8.13. The summed E-state index contributed by atoms with van der Waals surface area (Å²) < 4.78 is 5.42. The number of nitrogens with zero attached hydrogens (tertiary/aromatic N) is 2. The Morgan fingerprint density at radius 1 is 1.13 bits per heavy atom. The summed E-state index contributed by atoms with van der Waals surface area (Å²) in [6.07, 6.45) is 8.34. The van der Waals surface area contributed by atoms with Crippen molar-refractivity contribution in [3.8, 4) is 0 Å². The minimum Gasteiger partial charge on any atom is -0.444 e. The van der Waals surface area contributed by atoms with Crippen LogP contribution < -0.4 is 0 Å². The monoisotopic (exact) mass is 324 g/mol. The molecule has 0 spiro atoms. The van der Waals surface area contributed by atoms with Crippen molar-refractivity contribution in [2.75, 3.05) is 26.2 Å². The van der Waals surface area contributed by atoms with Crippen molar-refractivity contribution in [2.45, 2.75) is 70.9 Å². The van der Waals surface area contributed by atoms with E-state index in [0.717, 1.165) is 25.8 Å². The highest BCUT2D eigenvalue weighted by Gasteiger charge is 2.30. The minimum atomic E-state index is -0.458. The number of hydrogen-bond donors (Lipinski definition) is 0. The molecular weight excluding hydrogens is 292 g/mol. The van der Waals surface area contributed by atoms with Crippen molar-refractivity contribution in [2.24, 2.45) is 5.92 Å². The van der Waals surface area contributed by atoms with E-state index < -0.39 is 5.60 Å². The average molecular weight is 324 g/mol. The predicted octanol–water partition coefficient (Wildman–Crippen LogP) is 3.08. The maximum Gasteiger partial charge on any atom is 0.410 e. The molecule has 2 fully saturated rings. The van der Waals surface area contributed by atoms with Crippen LogP contribution in [0.5, 0.6) is 0 Å². The van der Waals surface area contributed by atoms with Gasteiger partial charge in [-0.2, -0.15) is 0 Å². The van der Waals surface area contributed by atoms with Crippen molar-refractivity contribution in [3.63, 3.8) is 0 Å². The molecule has 1 amide bonds. The Bertz CT molecular complexity index is 392. The zero-order valence-corrected chi connectivity index (χ0v) is 14.9. The quantitative estimate of drug-likeness (QED) is 0.746. The Balaban J connectivity index is 1.79. The number of piperazine rings is 1. The Morgan fingerprint density at radius 2 is 1.74 bits per heavy atom. The molecule has 0 aromatic carbocycles. The molecule has 5 nitrogen and oxygen atoms in total. The molecule has 132 valence electrons. The average Bonchev–Trinajstić information content (AvgIpc) is 2.52. The first-order chi connectivity index (χ1) is 10.9. The number of ether oxygens (including phenoxy) is 1. The van der Waals surface area contributed by atoms with Crippen LogP contribution in [0.1, 0.15) is 59.3 Å². The van der Waals surface area contributed by atoms with Crippen LogP contribution in [0.2, 0.25) is 0 Å². The van der Waals surface area contributed by atoms with E-state index in [-0.39, 0.29) is 12.1 Å². The highest BCUT2D eigenvalue weighted by molar-refractivity contribution is 5.68. The first-order valence-corrected chi connectivity index (χ1v) is 9.06. The molecule has 1 aliphatic heterocycles. The third-order valence-electron chi connectivity index (χ3n) is 4.89. The molecule has 0 N–H and O–H groups in total. The van der Waals surface area contributed by atoms with Gasteiger partial charge >= 0.3 is 6.09 Å². The van der Waals surface area contributed by atoms with Gasteiger partial charge in [0.15, 0.2) is 0 Å². The SMILES string of the molecule is CC(C)(C)OC(=O)N1CCN(C(C=O)CC2CCCCC2)CC1. The molecule has 2 rings (SSSR count). The van der Waals surface area contributed by atoms with Crippen molar-refractivity contribution in [3.05, 3.63) is 0 Å². The number of rotatable bonds is 4. The first-order valence-electron chi connectivity index (χ1n) is 9.06. The molecule has 1 aliphatic carbocycles. The van der Waals surface area contributed by atoms with Gasteiger partial charge < -0.3 is 14.4 Å². The van der Waals surface area contributed by atoms with Crippen molar-refractivity contribution in [1.82, 2.24) is 9.80 Å². The minimum absolute atomic E-state index is 0.0129. The molecule has 5 heteroatoms. The van der Waals surface area contributed by atoms with Crippen LogP contribution in [0.25, 0.3) is 0 Å². The molecule has 0 aromatic rings. The maximum atomic E-state index is 12.1. The molecule has 1 atom stereocenters. The maximum absolute atomic E-state index is 12.1. The van der Waals surface area contributed by atoms with E-state index in [4.69, 9.17) is 4.74 Å². The van der Waals surface area contributed by atoms with Crippen molar-refractivity contribution >= 4 is 12.4 Å². The predicted molar refractivity (Wildman–Crippen MR) is 90.4 cm³/mol. The third-order valence-corrected chi connectivity index (χ3v) is 4.89. The Morgan fingerprint density at radius 3 is 2.26 bits per heavy atom. The van der Waals surface area contributed by atoms with E-state index in [1.807, 2.05) is 20.8 Å². The summed E-state index contributed by atoms with van der Waals surface area (Å²) in [6, 6.07) is 0.0129. The zero-order chi connectivity index (χ0) is 16.9. The highest BCUT2D eigenvalue weighted by Crippen LogP contribution is 2.28. The van der Waals surface area contributed by atoms with Gasteiger partial charge in [-0.3, -0.25) is 4.90 Å². The van der Waals surface area contributed by atoms with Crippen LogP contribution >= 0.6 is 0 Å². The summed E-state index contributed by atoms with van der Waals surface area (Å²) in [5.74, 6) is 0.697. The second-order valence-electron chi connectivity index (χ2n) is 7.95. The molecule has 0 radical (unpaired) electrons. The van der Waals surface area contributed by atoms with Crippen LogP contribution in [0.15, 0.2) is 0 Å². The van der Waals surface area contributed by atoms with E-state index >= 15 is 0 Å². The lowest BCUT2D eigenvalue weighted by molar-refractivity contribution is -0.113. The molecule has 0 aromatic heterocycles. The first kappa shape index (κ1) is 18.2. The molecule has 1 unspecified atom stereocenters. The topological polar surface area (TPSA) is 49.9 Å². The van der Waals surface area contributed by atoms with E-state index in [9.17, 15) is 9.59 Å². The van der Waals surface area contributed by atoms with E-state index in [2.05, 4.69) is 4.90 Å². The van der Waals surface area contributed by atoms with Gasteiger partial charge in [-0.05, 0) is 33.1 Å². The fraction of sp³-hybridized carbons (Fsp3) is 0.889. The lowest BCUT2D eigenvalue weighted by Gasteiger charge is -2.39. The van der Waals surface area contributed by atoms with Crippen molar-refractivity contribution in [1.29, 1.82) is 0 Å². The number of carbonyl (C=O) groups is 2. The Kier molecular flexibility index (Phi) is 6.45. The normalized spacial score (nSPS) is 22.7. The van der Waals surface area contributed by atoms with E-state index in [0.29, 0.717) is 19.0 Å². The smallest absolute Gasteiger partial charge is 0.410 e. The fourth-order valence-electron chi connectivity index (χ4n) is 3.62. The number of hydrogen-bond acceptors (Lipinski definition) is 4. The standard InChI is InChI=1S/C18H32N2O3/c1-18(2,3)23-17(22)20-11-9-19(10-12-20)16(14-21)13-15-7-5-4-6-8-15/h14-16H,4-13H2,1-3H3. The summed E-state index contributed by atoms with van der Waals surface area (Å²) in [5.41, 5.74) is -0.458. The molecule has 2 aliphatic rings. The van der Waals surface area contributed by atoms with Crippen LogP contribution in [-0.4, -0.2) is 60.0 Å². The van der Waals surface area contributed by atoms with Gasteiger partial charge in [0.2, 0.25) is 0 Å². The molecule has 1 saturated heterocycles. The number of carbonyl (C=O) groups excluding carboxylic acids is 2. The van der Waals surface area contributed by atoms with Gasteiger partial charge in [0.25, 0.3) is 0 Å². The lowest BCUT2D eigenvalue weighted by Crippen LogP contribution is -2.53. The number of aldehydes is 1. The van der Waals surface area contributed by atoms with Gasteiger partial charge in [-0.25, -0.2) is 4.79 Å². The number of amides is 1. The summed E-state index contributed by atoms with van der Waals surface area (Å²) in [7, 11) is 0. The van der Waals surface area contributed by atoms with Gasteiger partial charge in [0, 0.05) is 26.2 Å². The summed E-state index contributed by atoms with van der Waals surface area (Å²) in [4.78, 5) is 27.6. The van der Waals surface area contributed by atoms with Gasteiger partial charge in [-0.1, -0.05) is 32.1 Å². The summed E-state index contributed by atoms with van der Waals surface area (Å²) in [5, 5.41) is 0. The van der Waals surface area contributed by atoms with Crippen molar-refractivity contribution < 1.29 is 14.3 Å². The molecular formula is C18H32N2O3. The van der Waals surface area contributed by atoms with Gasteiger partial charge in [-0.15, -0.1) is 0 Å². The largest absolute Gasteiger partial charge is 0.444 e. The van der Waals surface area contributed by atoms with Crippen LogP contribution in [-0.2, 0) is 9.53 Å². The fourth-order valence-corrected chi connectivity index (χ4v) is 3.62. The zero-order valence-electron chi connectivity index (χ0n) is 14.9. The molecule has 23 heavy (non-hydrogen) atoms. The molecule has 1 saturated carbocycles. The van der Waals surface area contributed by atoms with E-state index in [1.165, 1.54) is 32.1 Å². The van der Waals surface area contributed by atoms with E-state index in [1.54, 1.807) is 4.90 Å². The second-order valence-corrected chi connectivity index (χ2v) is 7.95. The van der Waals surface area contributed by atoms with Gasteiger partial charge in [0.05, 0.1) is 6.04 Å². The summed E-state index contributed by atoms with van der Waals surface area (Å²) >= 11 is 0. The Hall–Kier alpha value is -1.10. The Labute approximate surface area is 140 Å². The lowest BCUT2D eigenvalue weighted by atomic mass is 9.84. The van der Waals surface area contributed by atoms with Gasteiger partial charge in [0.1, 0.15) is 11.9 Å². The third kappa shape index (κ3) is 5.79. The summed E-state index contributed by atoms with van der Waals surface area (Å²) in [6.45, 7) is 8.45. The highest BCUT2D eigenvalue weighted by atomic mass is 16.6. The molecule has 0 bridgehead atoms. The van der Waals surface area contributed by atoms with Crippen LogP contribution in [0.4, 0.5) is 4.79 Å².